The zero-order chi connectivity index (χ0) is 25.8. The second kappa shape index (κ2) is 11.0. The number of carbonyl (C=O) groups is 2. The van der Waals surface area contributed by atoms with Gasteiger partial charge in [-0.2, -0.15) is 0 Å². The number of imidazole rings is 1. The number of halogens is 1. The number of hydrogen-bond acceptors (Lipinski definition) is 6. The van der Waals surface area contributed by atoms with Gasteiger partial charge in [-0.3, -0.25) is 9.59 Å². The van der Waals surface area contributed by atoms with Crippen LogP contribution in [0.2, 0.25) is 0 Å². The summed E-state index contributed by atoms with van der Waals surface area (Å²) in [7, 11) is 2.13. The van der Waals surface area contributed by atoms with Crippen LogP contribution in [0.4, 0.5) is 4.39 Å². The monoisotopic (exact) mass is 507 g/mol. The summed E-state index contributed by atoms with van der Waals surface area (Å²) >= 11 is 0. The Balaban J connectivity index is 1.22. The Morgan fingerprint density at radius 2 is 2.03 bits per heavy atom. The maximum atomic E-state index is 14.3. The van der Waals surface area contributed by atoms with Gasteiger partial charge in [-0.1, -0.05) is 30.1 Å². The number of benzene rings is 1. The van der Waals surface area contributed by atoms with Crippen LogP contribution < -0.4 is 5.32 Å². The van der Waals surface area contributed by atoms with Crippen LogP contribution in [0.15, 0.2) is 47.3 Å². The third-order valence-corrected chi connectivity index (χ3v) is 8.00. The highest BCUT2D eigenvalue weighted by Crippen LogP contribution is 2.59. The van der Waals surface area contributed by atoms with E-state index in [2.05, 4.69) is 32.4 Å². The minimum atomic E-state index is -0.333. The average Bonchev–Trinajstić information content (AvgIpc) is 3.26. The van der Waals surface area contributed by atoms with Crippen molar-refractivity contribution in [1.29, 1.82) is 0 Å². The molecular formula is C28H34FN5O3. The molecule has 1 amide bonds. The zero-order valence-corrected chi connectivity index (χ0v) is 21.2. The Morgan fingerprint density at radius 3 is 2.78 bits per heavy atom. The summed E-state index contributed by atoms with van der Waals surface area (Å²) in [5, 5.41) is 6.95. The normalized spacial score (nSPS) is 19.6. The van der Waals surface area contributed by atoms with Gasteiger partial charge in [-0.05, 0) is 69.8 Å². The number of aromatic amines is 1. The van der Waals surface area contributed by atoms with E-state index in [0.717, 1.165) is 51.6 Å². The number of rotatable bonds is 11. The molecule has 0 unspecified atom stereocenters. The van der Waals surface area contributed by atoms with Crippen molar-refractivity contribution in [1.82, 2.24) is 25.3 Å². The fourth-order valence-electron chi connectivity index (χ4n) is 5.50. The van der Waals surface area contributed by atoms with Gasteiger partial charge in [0, 0.05) is 30.2 Å². The van der Waals surface area contributed by atoms with Crippen molar-refractivity contribution in [2.45, 2.75) is 57.4 Å². The molecule has 0 radical (unpaired) electrons. The molecule has 1 aromatic carbocycles. The molecule has 2 aromatic heterocycles. The van der Waals surface area contributed by atoms with Crippen LogP contribution in [0.25, 0.3) is 11.3 Å². The summed E-state index contributed by atoms with van der Waals surface area (Å²) in [6.45, 7) is 2.06. The van der Waals surface area contributed by atoms with Gasteiger partial charge in [-0.15, -0.1) is 0 Å². The van der Waals surface area contributed by atoms with Gasteiger partial charge in [0.25, 0.3) is 0 Å². The third kappa shape index (κ3) is 5.82. The lowest BCUT2D eigenvalue weighted by atomic mass is 9.91. The summed E-state index contributed by atoms with van der Waals surface area (Å²) in [5.41, 5.74) is 1.44. The first kappa shape index (κ1) is 25.3. The summed E-state index contributed by atoms with van der Waals surface area (Å²) in [5.74, 6) is 0.393. The summed E-state index contributed by atoms with van der Waals surface area (Å²) in [4.78, 5) is 35.6. The molecule has 1 aliphatic carbocycles. The van der Waals surface area contributed by atoms with Crippen molar-refractivity contribution < 1.29 is 18.5 Å². The molecule has 37 heavy (non-hydrogen) atoms. The van der Waals surface area contributed by atoms with Crippen LogP contribution in [-0.4, -0.2) is 51.9 Å². The molecule has 1 aliphatic heterocycles. The van der Waals surface area contributed by atoms with Gasteiger partial charge < -0.3 is 19.7 Å². The lowest BCUT2D eigenvalue weighted by molar-refractivity contribution is -0.124. The van der Waals surface area contributed by atoms with Crippen molar-refractivity contribution in [3.63, 3.8) is 0 Å². The molecule has 3 heterocycles. The Labute approximate surface area is 216 Å². The van der Waals surface area contributed by atoms with Gasteiger partial charge in [0.2, 0.25) is 5.91 Å². The summed E-state index contributed by atoms with van der Waals surface area (Å²) < 4.78 is 19.1. The van der Waals surface area contributed by atoms with Crippen LogP contribution in [0.3, 0.4) is 0 Å². The van der Waals surface area contributed by atoms with E-state index in [1.807, 2.05) is 0 Å². The number of piperidine rings is 1. The molecular weight excluding hydrogens is 473 g/mol. The summed E-state index contributed by atoms with van der Waals surface area (Å²) in [6, 6.07) is 7.81. The number of Topliss-reactive ketones (excluding diaryl/α,β-unsaturated/α-hetero) is 1. The number of nitrogens with zero attached hydrogens (tertiary/aromatic N) is 3. The Hall–Kier alpha value is -3.33. The van der Waals surface area contributed by atoms with E-state index in [1.54, 1.807) is 30.5 Å². The number of H-pyrrole nitrogens is 1. The Kier molecular flexibility index (Phi) is 7.50. The fourth-order valence-corrected chi connectivity index (χ4v) is 5.50. The lowest BCUT2D eigenvalue weighted by Crippen LogP contribution is -2.36. The van der Waals surface area contributed by atoms with Gasteiger partial charge >= 0.3 is 0 Å². The van der Waals surface area contributed by atoms with E-state index >= 15 is 0 Å². The zero-order valence-electron chi connectivity index (χ0n) is 21.2. The van der Waals surface area contributed by atoms with Crippen LogP contribution >= 0.6 is 0 Å². The molecule has 2 atom stereocenters. The van der Waals surface area contributed by atoms with Gasteiger partial charge in [0.05, 0.1) is 11.7 Å². The Bertz CT molecular complexity index is 1220. The largest absolute Gasteiger partial charge is 0.364 e. The highest BCUT2D eigenvalue weighted by molar-refractivity contribution is 5.93. The fraction of sp³-hybridized carbons (Fsp3) is 0.500. The molecule has 0 bridgehead atoms. The van der Waals surface area contributed by atoms with Gasteiger partial charge in [-0.25, -0.2) is 9.37 Å². The average molecular weight is 508 g/mol. The quantitative estimate of drug-likeness (QED) is 0.282. The minimum absolute atomic E-state index is 0.0312. The van der Waals surface area contributed by atoms with Crippen LogP contribution in [0.5, 0.6) is 0 Å². The first-order valence-electron chi connectivity index (χ1n) is 13.2. The maximum absolute atomic E-state index is 14.3. The Morgan fingerprint density at radius 1 is 1.22 bits per heavy atom. The lowest BCUT2D eigenvalue weighted by Gasteiger charge is -2.30. The number of likely N-dealkylation sites (tertiary alicyclic amines) is 1. The van der Waals surface area contributed by atoms with Crippen LogP contribution in [0, 0.1) is 17.2 Å². The van der Waals surface area contributed by atoms with E-state index in [4.69, 9.17) is 4.52 Å². The van der Waals surface area contributed by atoms with E-state index in [1.165, 1.54) is 12.3 Å². The molecule has 2 N–H and O–H groups in total. The third-order valence-electron chi connectivity index (χ3n) is 8.00. The van der Waals surface area contributed by atoms with Crippen molar-refractivity contribution >= 4 is 11.7 Å². The smallest absolute Gasteiger partial charge is 0.224 e. The van der Waals surface area contributed by atoms with Crippen molar-refractivity contribution in [3.05, 3.63) is 60.1 Å². The number of unbranched alkanes of at least 4 members (excludes halogenated alkanes) is 2. The van der Waals surface area contributed by atoms with Crippen molar-refractivity contribution in [2.24, 2.45) is 11.3 Å². The highest BCUT2D eigenvalue weighted by atomic mass is 19.1. The van der Waals surface area contributed by atoms with Gasteiger partial charge in [0.15, 0.2) is 5.78 Å². The topological polar surface area (TPSA) is 104 Å². The van der Waals surface area contributed by atoms with Gasteiger partial charge in [0.1, 0.15) is 23.6 Å². The van der Waals surface area contributed by atoms with E-state index < -0.39 is 0 Å². The molecule has 1 spiro atoms. The molecule has 3 aromatic rings. The van der Waals surface area contributed by atoms with E-state index in [-0.39, 0.29) is 34.9 Å². The molecule has 5 rings (SSSR count). The standard InChI is InChI=1S/C28H34FN5O3/c1-34-14-12-28(13-15-34)17-20(28)27(36)32-23(9-3-2-4-10-25(35)22-11-16-37-33-22)26-30-18-24(31-26)19-7-5-6-8-21(19)29/h5-8,11,16,18,20,23H,2-4,9-10,12-15,17H2,1H3,(H,30,31)(H,32,36)/t20-,23+/m1/s1. The number of ketones is 1. The second-order valence-electron chi connectivity index (χ2n) is 10.5. The number of hydrogen-bond donors (Lipinski definition) is 2. The molecule has 1 saturated heterocycles. The van der Waals surface area contributed by atoms with Crippen LogP contribution in [0.1, 0.15) is 73.7 Å². The first-order valence-corrected chi connectivity index (χ1v) is 13.2. The molecule has 2 aliphatic rings. The SMILES string of the molecule is CN1CCC2(CC1)C[C@@H]2C(=O)N[C@@H](CCCCCC(=O)c1ccon1)c1nc(-c2ccccc2F)c[nH]1. The number of amides is 1. The van der Waals surface area contributed by atoms with E-state index in [0.29, 0.717) is 35.6 Å². The number of carbonyl (C=O) groups excluding carboxylic acids is 2. The molecule has 1 saturated carbocycles. The predicted molar refractivity (Wildman–Crippen MR) is 136 cm³/mol. The number of aromatic nitrogens is 3. The molecule has 8 nitrogen and oxygen atoms in total. The molecule has 196 valence electrons. The van der Waals surface area contributed by atoms with Crippen molar-refractivity contribution in [2.75, 3.05) is 20.1 Å². The molecule has 9 heteroatoms. The summed E-state index contributed by atoms with van der Waals surface area (Å²) in [6.07, 6.45) is 9.61. The molecule has 2 fully saturated rings. The second-order valence-corrected chi connectivity index (χ2v) is 10.5. The predicted octanol–water partition coefficient (Wildman–Crippen LogP) is 4.93. The first-order chi connectivity index (χ1) is 17.9. The van der Waals surface area contributed by atoms with E-state index in [9.17, 15) is 14.0 Å². The van der Waals surface area contributed by atoms with Crippen LogP contribution in [-0.2, 0) is 4.79 Å². The minimum Gasteiger partial charge on any atom is -0.364 e. The van der Waals surface area contributed by atoms with Crippen molar-refractivity contribution in [3.8, 4) is 11.3 Å². The highest BCUT2D eigenvalue weighted by Gasteiger charge is 2.58. The number of nitrogens with one attached hydrogen (secondary N) is 2. The maximum Gasteiger partial charge on any atom is 0.224 e.